The molecular weight excluding hydrogens is 253 g/mol. The van der Waals surface area contributed by atoms with E-state index in [0.717, 1.165) is 24.9 Å². The molecule has 1 unspecified atom stereocenters. The third-order valence-corrected chi connectivity index (χ3v) is 4.63. The number of ether oxygens (including phenoxy) is 1. The van der Waals surface area contributed by atoms with Gasteiger partial charge in [0.25, 0.3) is 0 Å². The SMILES string of the molecule is CCNC(c1cccc(OC)c1F)C1(C)CCCCC1. The zero-order valence-electron chi connectivity index (χ0n) is 12.8. The van der Waals surface area contributed by atoms with Gasteiger partial charge in [0.1, 0.15) is 0 Å². The van der Waals surface area contributed by atoms with Gasteiger partial charge in [0.2, 0.25) is 0 Å². The normalized spacial score (nSPS) is 19.6. The van der Waals surface area contributed by atoms with Crippen LogP contribution in [0, 0.1) is 11.2 Å². The summed E-state index contributed by atoms with van der Waals surface area (Å²) in [5.74, 6) is 0.123. The second-order valence-electron chi connectivity index (χ2n) is 6.07. The second kappa shape index (κ2) is 6.57. The van der Waals surface area contributed by atoms with Gasteiger partial charge in [-0.3, -0.25) is 0 Å². The van der Waals surface area contributed by atoms with Crippen LogP contribution >= 0.6 is 0 Å². The molecule has 0 bridgehead atoms. The summed E-state index contributed by atoms with van der Waals surface area (Å²) < 4.78 is 19.7. The molecule has 0 radical (unpaired) electrons. The molecule has 0 aromatic heterocycles. The van der Waals surface area contributed by atoms with E-state index in [4.69, 9.17) is 4.74 Å². The van der Waals surface area contributed by atoms with Crippen molar-refractivity contribution in [2.24, 2.45) is 5.41 Å². The van der Waals surface area contributed by atoms with E-state index in [1.54, 1.807) is 6.07 Å². The zero-order valence-corrected chi connectivity index (χ0v) is 12.8. The number of rotatable bonds is 5. The van der Waals surface area contributed by atoms with Crippen LogP contribution in [0.15, 0.2) is 18.2 Å². The maximum absolute atomic E-state index is 14.6. The highest BCUT2D eigenvalue weighted by molar-refractivity contribution is 5.34. The van der Waals surface area contributed by atoms with Crippen LogP contribution < -0.4 is 10.1 Å². The Morgan fingerprint density at radius 1 is 1.30 bits per heavy atom. The second-order valence-corrected chi connectivity index (χ2v) is 6.07. The van der Waals surface area contributed by atoms with Crippen molar-refractivity contribution in [2.45, 2.75) is 52.0 Å². The standard InChI is InChI=1S/C17H26FNO/c1-4-19-16(17(2)11-6-5-7-12-17)13-9-8-10-14(20-3)15(13)18/h8-10,16,19H,4-7,11-12H2,1-3H3. The van der Waals surface area contributed by atoms with Crippen LogP contribution in [0.1, 0.15) is 57.6 Å². The minimum atomic E-state index is -0.215. The molecular formula is C17H26FNO. The minimum absolute atomic E-state index is 0.0582. The van der Waals surface area contributed by atoms with E-state index in [-0.39, 0.29) is 17.3 Å². The van der Waals surface area contributed by atoms with Crippen molar-refractivity contribution in [1.82, 2.24) is 5.32 Å². The lowest BCUT2D eigenvalue weighted by Crippen LogP contribution is -2.38. The first-order valence-electron chi connectivity index (χ1n) is 7.68. The molecule has 0 amide bonds. The number of halogens is 1. The van der Waals surface area contributed by atoms with Crippen molar-refractivity contribution in [3.05, 3.63) is 29.6 Å². The van der Waals surface area contributed by atoms with Crippen molar-refractivity contribution in [1.29, 1.82) is 0 Å². The first-order valence-corrected chi connectivity index (χ1v) is 7.68. The Labute approximate surface area is 121 Å². The molecule has 1 aliphatic rings. The van der Waals surface area contributed by atoms with E-state index in [9.17, 15) is 4.39 Å². The van der Waals surface area contributed by atoms with E-state index < -0.39 is 0 Å². The van der Waals surface area contributed by atoms with Crippen LogP contribution in [0.25, 0.3) is 0 Å². The summed E-state index contributed by atoms with van der Waals surface area (Å²) in [6, 6.07) is 5.52. The Morgan fingerprint density at radius 3 is 2.60 bits per heavy atom. The van der Waals surface area contributed by atoms with Gasteiger partial charge >= 0.3 is 0 Å². The lowest BCUT2D eigenvalue weighted by Gasteiger charge is -2.41. The Bertz CT molecular complexity index is 441. The highest BCUT2D eigenvalue weighted by atomic mass is 19.1. The Kier molecular flexibility index (Phi) is 5.03. The molecule has 2 rings (SSSR count). The predicted molar refractivity (Wildman–Crippen MR) is 80.6 cm³/mol. The largest absolute Gasteiger partial charge is 0.494 e. The first kappa shape index (κ1) is 15.3. The summed E-state index contributed by atoms with van der Waals surface area (Å²) in [5.41, 5.74) is 0.872. The molecule has 0 spiro atoms. The molecule has 1 atom stereocenters. The van der Waals surface area contributed by atoms with Gasteiger partial charge in [0.15, 0.2) is 11.6 Å². The molecule has 1 aromatic carbocycles. The van der Waals surface area contributed by atoms with Gasteiger partial charge in [0.05, 0.1) is 7.11 Å². The monoisotopic (exact) mass is 279 g/mol. The van der Waals surface area contributed by atoms with Gasteiger partial charge in [-0.15, -0.1) is 0 Å². The minimum Gasteiger partial charge on any atom is -0.494 e. The molecule has 112 valence electrons. The lowest BCUT2D eigenvalue weighted by atomic mass is 9.68. The molecule has 1 aliphatic carbocycles. The molecule has 0 heterocycles. The molecule has 1 N–H and O–H groups in total. The third-order valence-electron chi connectivity index (χ3n) is 4.63. The molecule has 0 aliphatic heterocycles. The zero-order chi connectivity index (χ0) is 14.6. The highest BCUT2D eigenvalue weighted by Gasteiger charge is 2.37. The van der Waals surface area contributed by atoms with E-state index in [0.29, 0.717) is 5.75 Å². The van der Waals surface area contributed by atoms with Crippen LogP contribution in [0.4, 0.5) is 4.39 Å². The molecule has 1 saturated carbocycles. The van der Waals surface area contributed by atoms with Crippen molar-refractivity contribution < 1.29 is 9.13 Å². The summed E-state index contributed by atoms with van der Waals surface area (Å²) in [7, 11) is 1.52. The fourth-order valence-electron chi connectivity index (χ4n) is 3.49. The molecule has 3 heteroatoms. The number of methoxy groups -OCH3 is 1. The van der Waals surface area contributed by atoms with Gasteiger partial charge in [-0.2, -0.15) is 0 Å². The summed E-state index contributed by atoms with van der Waals surface area (Å²) in [6.45, 7) is 5.21. The van der Waals surface area contributed by atoms with Crippen LogP contribution in [0.3, 0.4) is 0 Å². The lowest BCUT2D eigenvalue weighted by molar-refractivity contribution is 0.143. The van der Waals surface area contributed by atoms with Crippen molar-refractivity contribution in [3.8, 4) is 5.75 Å². The Morgan fingerprint density at radius 2 is 2.00 bits per heavy atom. The van der Waals surface area contributed by atoms with E-state index in [1.807, 2.05) is 12.1 Å². The summed E-state index contributed by atoms with van der Waals surface area (Å²) >= 11 is 0. The van der Waals surface area contributed by atoms with Crippen molar-refractivity contribution >= 4 is 0 Å². The van der Waals surface area contributed by atoms with Crippen LogP contribution in [-0.2, 0) is 0 Å². The van der Waals surface area contributed by atoms with E-state index in [2.05, 4.69) is 19.2 Å². The smallest absolute Gasteiger partial charge is 0.169 e. The molecule has 20 heavy (non-hydrogen) atoms. The fraction of sp³-hybridized carbons (Fsp3) is 0.647. The van der Waals surface area contributed by atoms with Crippen molar-refractivity contribution in [3.63, 3.8) is 0 Å². The molecule has 1 fully saturated rings. The molecule has 2 nitrogen and oxygen atoms in total. The number of hydrogen-bond donors (Lipinski definition) is 1. The van der Waals surface area contributed by atoms with Gasteiger partial charge in [-0.05, 0) is 30.9 Å². The third kappa shape index (κ3) is 2.98. The highest BCUT2D eigenvalue weighted by Crippen LogP contribution is 2.46. The topological polar surface area (TPSA) is 21.3 Å². The fourth-order valence-corrected chi connectivity index (χ4v) is 3.49. The summed E-state index contributed by atoms with van der Waals surface area (Å²) in [4.78, 5) is 0. The number of nitrogens with one attached hydrogen (secondary N) is 1. The van der Waals surface area contributed by atoms with Crippen LogP contribution in [0.5, 0.6) is 5.75 Å². The number of hydrogen-bond acceptors (Lipinski definition) is 2. The Balaban J connectivity index is 2.37. The average Bonchev–Trinajstić information content (AvgIpc) is 2.46. The average molecular weight is 279 g/mol. The molecule has 1 aromatic rings. The van der Waals surface area contributed by atoms with E-state index in [1.165, 1.54) is 26.4 Å². The summed E-state index contributed by atoms with van der Waals surface area (Å²) in [6.07, 6.45) is 6.09. The van der Waals surface area contributed by atoms with Gasteiger partial charge < -0.3 is 10.1 Å². The van der Waals surface area contributed by atoms with Crippen LogP contribution in [0.2, 0.25) is 0 Å². The quantitative estimate of drug-likeness (QED) is 0.859. The maximum atomic E-state index is 14.6. The van der Waals surface area contributed by atoms with E-state index >= 15 is 0 Å². The van der Waals surface area contributed by atoms with Gasteiger partial charge in [-0.25, -0.2) is 4.39 Å². The maximum Gasteiger partial charge on any atom is 0.169 e. The molecule has 0 saturated heterocycles. The van der Waals surface area contributed by atoms with Crippen molar-refractivity contribution in [2.75, 3.05) is 13.7 Å². The van der Waals surface area contributed by atoms with Gasteiger partial charge in [0, 0.05) is 11.6 Å². The first-order chi connectivity index (χ1) is 9.62. The van der Waals surface area contributed by atoms with Gasteiger partial charge in [-0.1, -0.05) is 45.2 Å². The predicted octanol–water partition coefficient (Wildman–Crippen LogP) is 4.46. The number of benzene rings is 1. The van der Waals surface area contributed by atoms with Crippen LogP contribution in [-0.4, -0.2) is 13.7 Å². The Hall–Kier alpha value is -1.09. The summed E-state index contributed by atoms with van der Waals surface area (Å²) in [5, 5.41) is 3.51.